The van der Waals surface area contributed by atoms with Crippen molar-refractivity contribution >= 4 is 0 Å². The van der Waals surface area contributed by atoms with Gasteiger partial charge in [0.2, 0.25) is 0 Å². The van der Waals surface area contributed by atoms with Crippen molar-refractivity contribution in [2.24, 2.45) is 5.92 Å². The fraction of sp³-hybridized carbons (Fsp3) is 0.846. The molecule has 2 heterocycles. The molecular formula is C13H20O4. The molecular weight excluding hydrogens is 220 g/mol. The van der Waals surface area contributed by atoms with Crippen LogP contribution in [0, 0.1) is 5.92 Å². The second-order valence-electron chi connectivity index (χ2n) is 5.04. The van der Waals surface area contributed by atoms with E-state index < -0.39 is 0 Å². The van der Waals surface area contributed by atoms with E-state index in [0.717, 1.165) is 50.9 Å². The molecule has 2 saturated heterocycles. The summed E-state index contributed by atoms with van der Waals surface area (Å²) in [5.74, 6) is 1.72. The molecule has 0 N–H and O–H groups in total. The second kappa shape index (κ2) is 5.27. The monoisotopic (exact) mass is 240 g/mol. The van der Waals surface area contributed by atoms with Crippen molar-refractivity contribution in [1.82, 2.24) is 0 Å². The molecule has 96 valence electrons. The second-order valence-corrected chi connectivity index (χ2v) is 5.04. The van der Waals surface area contributed by atoms with Crippen LogP contribution < -0.4 is 0 Å². The topological polar surface area (TPSA) is 43.5 Å². The predicted molar refractivity (Wildman–Crippen MR) is 61.4 cm³/mol. The molecule has 0 bridgehead atoms. The summed E-state index contributed by atoms with van der Waals surface area (Å²) in [5, 5.41) is 0. The Balaban J connectivity index is 1.14. The Kier molecular flexibility index (Phi) is 3.52. The van der Waals surface area contributed by atoms with Crippen LogP contribution in [-0.4, -0.2) is 38.6 Å². The SMILES string of the molecule is C(OC1CC1CCCOCCC1CO1)=C1CO1. The number of hydrogen-bond acceptors (Lipinski definition) is 4. The van der Waals surface area contributed by atoms with E-state index in [2.05, 4.69) is 0 Å². The van der Waals surface area contributed by atoms with Crippen LogP contribution in [0.1, 0.15) is 25.7 Å². The van der Waals surface area contributed by atoms with Crippen LogP contribution in [0.5, 0.6) is 0 Å². The summed E-state index contributed by atoms with van der Waals surface area (Å²) in [4.78, 5) is 0. The Morgan fingerprint density at radius 3 is 2.94 bits per heavy atom. The van der Waals surface area contributed by atoms with Gasteiger partial charge in [-0.25, -0.2) is 0 Å². The van der Waals surface area contributed by atoms with Gasteiger partial charge in [0.1, 0.15) is 19.0 Å². The molecule has 0 aromatic heterocycles. The number of hydrogen-bond donors (Lipinski definition) is 0. The van der Waals surface area contributed by atoms with Crippen LogP contribution in [-0.2, 0) is 18.9 Å². The highest BCUT2D eigenvalue weighted by Crippen LogP contribution is 2.38. The lowest BCUT2D eigenvalue weighted by Gasteiger charge is -2.02. The zero-order valence-electron chi connectivity index (χ0n) is 10.1. The van der Waals surface area contributed by atoms with Gasteiger partial charge in [0.05, 0.1) is 12.7 Å². The highest BCUT2D eigenvalue weighted by atomic mass is 16.6. The lowest BCUT2D eigenvalue weighted by Crippen LogP contribution is -2.01. The predicted octanol–water partition coefficient (Wildman–Crippen LogP) is 1.85. The summed E-state index contributed by atoms with van der Waals surface area (Å²) in [6.45, 7) is 3.42. The zero-order valence-corrected chi connectivity index (χ0v) is 10.1. The Hall–Kier alpha value is -0.740. The molecule has 0 aromatic rings. The van der Waals surface area contributed by atoms with E-state index in [9.17, 15) is 0 Å². The first-order valence-electron chi connectivity index (χ1n) is 6.58. The van der Waals surface area contributed by atoms with Gasteiger partial charge in [-0.2, -0.15) is 0 Å². The van der Waals surface area contributed by atoms with Gasteiger partial charge in [0, 0.05) is 13.2 Å². The van der Waals surface area contributed by atoms with Gasteiger partial charge in [-0.05, 0) is 31.6 Å². The standard InChI is InChI=1S/C13H20O4/c1(4-14-5-3-11-7-15-11)2-10-6-13(10)17-9-12-8-16-12/h9-11,13H,1-8H2. The first kappa shape index (κ1) is 11.4. The third kappa shape index (κ3) is 4.21. The van der Waals surface area contributed by atoms with E-state index in [-0.39, 0.29) is 0 Å². The van der Waals surface area contributed by atoms with Crippen LogP contribution >= 0.6 is 0 Å². The highest BCUT2D eigenvalue weighted by Gasteiger charge is 2.38. The molecule has 4 nitrogen and oxygen atoms in total. The average molecular weight is 240 g/mol. The lowest BCUT2D eigenvalue weighted by atomic mass is 10.2. The van der Waals surface area contributed by atoms with E-state index >= 15 is 0 Å². The van der Waals surface area contributed by atoms with Crippen molar-refractivity contribution < 1.29 is 18.9 Å². The summed E-state index contributed by atoms with van der Waals surface area (Å²) in [6, 6.07) is 0. The van der Waals surface area contributed by atoms with Crippen molar-refractivity contribution in [1.29, 1.82) is 0 Å². The third-order valence-corrected chi connectivity index (χ3v) is 3.39. The van der Waals surface area contributed by atoms with Crippen LogP contribution in [0.25, 0.3) is 0 Å². The minimum atomic E-state index is 0.437. The normalized spacial score (nSPS) is 35.5. The Morgan fingerprint density at radius 2 is 2.18 bits per heavy atom. The minimum Gasteiger partial charge on any atom is -0.494 e. The molecule has 17 heavy (non-hydrogen) atoms. The fourth-order valence-corrected chi connectivity index (χ4v) is 1.96. The van der Waals surface area contributed by atoms with E-state index in [1.807, 2.05) is 0 Å². The maximum atomic E-state index is 5.56. The maximum absolute atomic E-state index is 5.56. The highest BCUT2D eigenvalue weighted by molar-refractivity contribution is 5.01. The van der Waals surface area contributed by atoms with Gasteiger partial charge in [0.15, 0.2) is 5.76 Å². The Morgan fingerprint density at radius 1 is 1.29 bits per heavy atom. The smallest absolute Gasteiger partial charge is 0.168 e. The molecule has 0 aromatic carbocycles. The maximum Gasteiger partial charge on any atom is 0.168 e. The van der Waals surface area contributed by atoms with Crippen LogP contribution in [0.4, 0.5) is 0 Å². The van der Waals surface area contributed by atoms with Gasteiger partial charge >= 0.3 is 0 Å². The third-order valence-electron chi connectivity index (χ3n) is 3.39. The largest absolute Gasteiger partial charge is 0.494 e. The van der Waals surface area contributed by atoms with Gasteiger partial charge in [0.25, 0.3) is 0 Å². The van der Waals surface area contributed by atoms with Crippen molar-refractivity contribution in [3.8, 4) is 0 Å². The molecule has 3 unspecified atom stereocenters. The molecule has 0 radical (unpaired) electrons. The zero-order chi connectivity index (χ0) is 11.5. The number of epoxide rings is 2. The Bertz CT molecular complexity index is 279. The molecule has 1 aliphatic carbocycles. The number of rotatable bonds is 9. The lowest BCUT2D eigenvalue weighted by molar-refractivity contribution is 0.119. The Labute approximate surface area is 102 Å². The fourth-order valence-electron chi connectivity index (χ4n) is 1.96. The summed E-state index contributed by atoms with van der Waals surface area (Å²) in [6.07, 6.45) is 7.32. The van der Waals surface area contributed by atoms with E-state index in [0.29, 0.717) is 12.2 Å². The molecule has 0 amide bonds. The van der Waals surface area contributed by atoms with Crippen LogP contribution in [0.3, 0.4) is 0 Å². The summed E-state index contributed by atoms with van der Waals surface area (Å²) >= 11 is 0. The summed E-state index contributed by atoms with van der Waals surface area (Å²) in [5.41, 5.74) is 0. The first-order chi connectivity index (χ1) is 8.42. The van der Waals surface area contributed by atoms with Gasteiger partial charge in [-0.1, -0.05) is 0 Å². The van der Waals surface area contributed by atoms with Crippen molar-refractivity contribution in [3.63, 3.8) is 0 Å². The molecule has 1 saturated carbocycles. The van der Waals surface area contributed by atoms with Gasteiger partial charge in [-0.3, -0.25) is 0 Å². The summed E-state index contributed by atoms with van der Waals surface area (Å²) in [7, 11) is 0. The summed E-state index contributed by atoms with van der Waals surface area (Å²) < 4.78 is 21.2. The molecule has 3 aliphatic rings. The minimum absolute atomic E-state index is 0.437. The molecule has 3 atom stereocenters. The quantitative estimate of drug-likeness (QED) is 0.350. The van der Waals surface area contributed by atoms with Crippen molar-refractivity contribution in [2.45, 2.75) is 37.9 Å². The molecule has 2 aliphatic heterocycles. The number of ether oxygens (including phenoxy) is 4. The molecule has 4 heteroatoms. The van der Waals surface area contributed by atoms with Gasteiger partial charge in [-0.15, -0.1) is 0 Å². The van der Waals surface area contributed by atoms with Crippen molar-refractivity contribution in [3.05, 3.63) is 12.0 Å². The average Bonchev–Trinajstić information content (AvgIpc) is 3.19. The molecule has 3 fully saturated rings. The van der Waals surface area contributed by atoms with E-state index in [4.69, 9.17) is 18.9 Å². The molecule has 0 spiro atoms. The van der Waals surface area contributed by atoms with E-state index in [1.165, 1.54) is 12.8 Å². The van der Waals surface area contributed by atoms with Gasteiger partial charge < -0.3 is 18.9 Å². The van der Waals surface area contributed by atoms with Crippen molar-refractivity contribution in [2.75, 3.05) is 26.4 Å². The van der Waals surface area contributed by atoms with Crippen LogP contribution in [0.15, 0.2) is 12.0 Å². The van der Waals surface area contributed by atoms with Crippen LogP contribution in [0.2, 0.25) is 0 Å². The molecule has 3 rings (SSSR count). The first-order valence-corrected chi connectivity index (χ1v) is 6.58. The van der Waals surface area contributed by atoms with E-state index in [1.54, 1.807) is 6.26 Å².